The van der Waals surface area contributed by atoms with E-state index in [9.17, 15) is 29.2 Å². The fraction of sp³-hybridized carbons (Fsp3) is 0.458. The van der Waals surface area contributed by atoms with Gasteiger partial charge in [0, 0.05) is 11.8 Å². The number of esters is 1. The Labute approximate surface area is 218 Å². The molecule has 0 saturated carbocycles. The molecule has 206 valence electrons. The Kier molecular flexibility index (Phi) is 8.99. The first-order chi connectivity index (χ1) is 17.8. The molecule has 0 bridgehead atoms. The summed E-state index contributed by atoms with van der Waals surface area (Å²) in [6.45, 7) is 5.32. The van der Waals surface area contributed by atoms with Gasteiger partial charge in [-0.1, -0.05) is 24.1 Å². The lowest BCUT2D eigenvalue weighted by Crippen LogP contribution is -2.46. The van der Waals surface area contributed by atoms with Crippen molar-refractivity contribution in [3.8, 4) is 18.1 Å². The molecular formula is C24H30N3O10P. The van der Waals surface area contributed by atoms with E-state index in [1.807, 2.05) is 0 Å². The summed E-state index contributed by atoms with van der Waals surface area (Å²) in [6, 6.07) is 6.78. The highest BCUT2D eigenvalue weighted by Gasteiger charge is 2.56. The maximum atomic E-state index is 13.7. The van der Waals surface area contributed by atoms with Crippen molar-refractivity contribution in [2.45, 2.75) is 63.9 Å². The average molecular weight is 551 g/mol. The van der Waals surface area contributed by atoms with Crippen LogP contribution in [0, 0.1) is 19.3 Å². The number of ether oxygens (including phenoxy) is 2. The van der Waals surface area contributed by atoms with Crippen molar-refractivity contribution in [1.29, 1.82) is 0 Å². The number of carbonyl (C=O) groups excluding carboxylic acids is 1. The zero-order valence-corrected chi connectivity index (χ0v) is 22.1. The SMILES string of the molecule is C#C[C@]1(COP(=O)(N[C@@H](C)C(=O)OC(C)C)Oc2ccccc2)O[C@@H](n2cc(C)c(=O)[nH]c2=O)C(O)[C@H]1O. The van der Waals surface area contributed by atoms with E-state index in [4.69, 9.17) is 24.9 Å². The first-order valence-electron chi connectivity index (χ1n) is 11.6. The van der Waals surface area contributed by atoms with E-state index in [0.717, 1.165) is 10.8 Å². The van der Waals surface area contributed by atoms with Gasteiger partial charge in [0.25, 0.3) is 5.56 Å². The lowest BCUT2D eigenvalue weighted by molar-refractivity contribution is -0.149. The lowest BCUT2D eigenvalue weighted by atomic mass is 9.97. The third kappa shape index (κ3) is 6.42. The number of hydrogen-bond acceptors (Lipinski definition) is 10. The van der Waals surface area contributed by atoms with Crippen molar-refractivity contribution < 1.29 is 38.1 Å². The van der Waals surface area contributed by atoms with Crippen molar-refractivity contribution in [3.05, 3.63) is 62.9 Å². The van der Waals surface area contributed by atoms with E-state index >= 15 is 0 Å². The Hall–Kier alpha value is -3.24. The Bertz CT molecular complexity index is 1350. The van der Waals surface area contributed by atoms with Crippen LogP contribution < -0.4 is 20.9 Å². The summed E-state index contributed by atoms with van der Waals surface area (Å²) >= 11 is 0. The molecule has 3 rings (SSSR count). The Morgan fingerprint density at radius 2 is 1.95 bits per heavy atom. The number of H-pyrrole nitrogens is 1. The number of aliphatic hydroxyl groups excluding tert-OH is 2. The van der Waals surface area contributed by atoms with Gasteiger partial charge >= 0.3 is 19.4 Å². The molecule has 2 unspecified atom stereocenters. The van der Waals surface area contributed by atoms with Gasteiger partial charge in [0.05, 0.1) is 6.10 Å². The van der Waals surface area contributed by atoms with Gasteiger partial charge < -0.3 is 24.2 Å². The average Bonchev–Trinajstić information content (AvgIpc) is 3.11. The molecule has 1 aromatic carbocycles. The molecule has 0 radical (unpaired) electrons. The van der Waals surface area contributed by atoms with Gasteiger partial charge in [-0.3, -0.25) is 23.7 Å². The summed E-state index contributed by atoms with van der Waals surface area (Å²) in [5.74, 6) is 1.60. The summed E-state index contributed by atoms with van der Waals surface area (Å²) in [5.41, 5.74) is -3.52. The number of benzene rings is 1. The molecule has 6 atom stereocenters. The van der Waals surface area contributed by atoms with Crippen LogP contribution >= 0.6 is 7.75 Å². The normalized spacial score (nSPS) is 25.4. The molecule has 1 fully saturated rings. The number of hydrogen-bond donors (Lipinski definition) is 4. The van der Waals surface area contributed by atoms with Crippen LogP contribution in [-0.2, 0) is 23.4 Å². The molecule has 14 heteroatoms. The number of nitrogens with zero attached hydrogens (tertiary/aromatic N) is 1. The summed E-state index contributed by atoms with van der Waals surface area (Å²) in [4.78, 5) is 38.5. The number of rotatable bonds is 10. The molecule has 1 aliphatic rings. The summed E-state index contributed by atoms with van der Waals surface area (Å²) in [6.07, 6.45) is 1.28. The van der Waals surface area contributed by atoms with E-state index in [-0.39, 0.29) is 11.3 Å². The molecule has 1 aliphatic heterocycles. The third-order valence-electron chi connectivity index (χ3n) is 5.56. The topological polar surface area (TPSA) is 178 Å². The fourth-order valence-corrected chi connectivity index (χ4v) is 5.10. The minimum atomic E-state index is -4.40. The van der Waals surface area contributed by atoms with Crippen molar-refractivity contribution in [2.75, 3.05) is 6.61 Å². The van der Waals surface area contributed by atoms with Crippen molar-refractivity contribution in [3.63, 3.8) is 0 Å². The maximum absolute atomic E-state index is 13.7. The van der Waals surface area contributed by atoms with Crippen molar-refractivity contribution in [1.82, 2.24) is 14.6 Å². The second-order valence-corrected chi connectivity index (χ2v) is 10.7. The number of aryl methyl sites for hydroxylation is 1. The molecule has 1 saturated heterocycles. The quantitative estimate of drug-likeness (QED) is 0.185. The fourth-order valence-electron chi connectivity index (χ4n) is 3.58. The highest BCUT2D eigenvalue weighted by atomic mass is 31.2. The molecule has 38 heavy (non-hydrogen) atoms. The number of aromatic amines is 1. The largest absolute Gasteiger partial charge is 0.462 e. The summed E-state index contributed by atoms with van der Waals surface area (Å²) < 4.78 is 36.6. The summed E-state index contributed by atoms with van der Waals surface area (Å²) in [5, 5.41) is 24.0. The van der Waals surface area contributed by atoms with Gasteiger partial charge in [-0.2, -0.15) is 5.09 Å². The molecule has 13 nitrogen and oxygen atoms in total. The molecule has 2 heterocycles. The monoisotopic (exact) mass is 551 g/mol. The molecular weight excluding hydrogens is 521 g/mol. The Balaban J connectivity index is 1.89. The maximum Gasteiger partial charge on any atom is 0.459 e. The van der Waals surface area contributed by atoms with E-state index < -0.39 is 67.8 Å². The standard InChI is InChI=1S/C24H30N3O10P/c1-6-24(19(29)18(28)21(36-24)27-12-15(4)20(30)25-23(27)32)13-34-38(33,37-17-10-8-7-9-11-17)26-16(5)22(31)35-14(2)3/h1,7-12,14,16,18-19,21,28-29H,13H2,2-5H3,(H,26,33)(H,25,30,32)/t16-,18?,19+,21+,24+,38?/m0/s1. The van der Waals surface area contributed by atoms with Crippen LogP contribution in [0.15, 0.2) is 46.1 Å². The second-order valence-electron chi connectivity index (χ2n) is 8.97. The van der Waals surface area contributed by atoms with Crippen LogP contribution in [-0.4, -0.2) is 62.3 Å². The van der Waals surface area contributed by atoms with Gasteiger partial charge in [-0.05, 0) is 39.8 Å². The van der Waals surface area contributed by atoms with E-state index in [2.05, 4.69) is 16.0 Å². The van der Waals surface area contributed by atoms with Crippen molar-refractivity contribution >= 4 is 13.7 Å². The number of terminal acetylenes is 1. The van der Waals surface area contributed by atoms with Gasteiger partial charge in [-0.25, -0.2) is 9.36 Å². The van der Waals surface area contributed by atoms with Crippen LogP contribution in [0.25, 0.3) is 0 Å². The van der Waals surface area contributed by atoms with Crippen LogP contribution in [0.5, 0.6) is 5.75 Å². The highest BCUT2D eigenvalue weighted by molar-refractivity contribution is 7.52. The van der Waals surface area contributed by atoms with Crippen LogP contribution in [0.1, 0.15) is 32.6 Å². The third-order valence-corrected chi connectivity index (χ3v) is 7.19. The lowest BCUT2D eigenvalue weighted by Gasteiger charge is -2.29. The Morgan fingerprint density at radius 3 is 2.55 bits per heavy atom. The number of para-hydroxylation sites is 1. The Morgan fingerprint density at radius 1 is 1.29 bits per heavy atom. The molecule has 4 N–H and O–H groups in total. The van der Waals surface area contributed by atoms with E-state index in [0.29, 0.717) is 0 Å². The number of carbonyl (C=O) groups is 1. The van der Waals surface area contributed by atoms with Gasteiger partial charge in [-0.15, -0.1) is 6.42 Å². The predicted molar refractivity (Wildman–Crippen MR) is 134 cm³/mol. The predicted octanol–water partition coefficient (Wildman–Crippen LogP) is 0.601. The summed E-state index contributed by atoms with van der Waals surface area (Å²) in [7, 11) is -4.40. The highest BCUT2D eigenvalue weighted by Crippen LogP contribution is 2.47. The first kappa shape index (κ1) is 29.3. The number of nitrogens with one attached hydrogen (secondary N) is 2. The van der Waals surface area contributed by atoms with Crippen LogP contribution in [0.3, 0.4) is 0 Å². The minimum absolute atomic E-state index is 0.128. The van der Waals surface area contributed by atoms with E-state index in [1.165, 1.54) is 26.0 Å². The second kappa shape index (κ2) is 11.7. The van der Waals surface area contributed by atoms with Gasteiger partial charge in [0.15, 0.2) is 11.8 Å². The van der Waals surface area contributed by atoms with Gasteiger partial charge in [0.2, 0.25) is 0 Å². The van der Waals surface area contributed by atoms with Crippen molar-refractivity contribution in [2.24, 2.45) is 0 Å². The van der Waals surface area contributed by atoms with Crippen LogP contribution in [0.2, 0.25) is 0 Å². The van der Waals surface area contributed by atoms with Gasteiger partial charge in [0.1, 0.15) is 30.6 Å². The smallest absolute Gasteiger partial charge is 0.459 e. The zero-order chi connectivity index (χ0) is 28.3. The zero-order valence-electron chi connectivity index (χ0n) is 21.2. The number of aliphatic hydroxyl groups is 2. The molecule has 2 aromatic rings. The molecule has 0 spiro atoms. The molecule has 0 amide bonds. The molecule has 1 aromatic heterocycles. The van der Waals surface area contributed by atoms with Crippen LogP contribution in [0.4, 0.5) is 0 Å². The molecule has 0 aliphatic carbocycles. The number of aromatic nitrogens is 2. The minimum Gasteiger partial charge on any atom is -0.462 e. The van der Waals surface area contributed by atoms with E-state index in [1.54, 1.807) is 32.0 Å². The first-order valence-corrected chi connectivity index (χ1v) is 13.2.